The zero-order valence-corrected chi connectivity index (χ0v) is 19.6. The maximum atomic E-state index is 13.1. The number of nitrogens with one attached hydrogen (secondary N) is 2. The van der Waals surface area contributed by atoms with E-state index in [9.17, 15) is 24.2 Å². The predicted octanol–water partition coefficient (Wildman–Crippen LogP) is 3.77. The molecule has 0 bridgehead atoms. The highest BCUT2D eigenvalue weighted by molar-refractivity contribution is 5.95. The van der Waals surface area contributed by atoms with Crippen LogP contribution in [0.4, 0.5) is 9.18 Å². The van der Waals surface area contributed by atoms with Gasteiger partial charge in [0.2, 0.25) is 5.75 Å². The molecular weight excluding hydrogens is 455 g/mol. The van der Waals surface area contributed by atoms with Crippen molar-refractivity contribution in [3.05, 3.63) is 83.1 Å². The van der Waals surface area contributed by atoms with Gasteiger partial charge >= 0.3 is 6.09 Å². The van der Waals surface area contributed by atoms with Crippen molar-refractivity contribution in [2.45, 2.75) is 45.4 Å². The molecule has 0 aliphatic rings. The summed E-state index contributed by atoms with van der Waals surface area (Å²) in [6.07, 6.45) is -0.516. The van der Waals surface area contributed by atoms with Crippen LogP contribution in [0.2, 0.25) is 0 Å². The maximum Gasteiger partial charge on any atom is 0.408 e. The van der Waals surface area contributed by atoms with Gasteiger partial charge in [-0.15, -0.1) is 0 Å². The van der Waals surface area contributed by atoms with Gasteiger partial charge < -0.3 is 25.6 Å². The van der Waals surface area contributed by atoms with Crippen LogP contribution in [0.15, 0.2) is 54.6 Å². The van der Waals surface area contributed by atoms with Gasteiger partial charge in [-0.2, -0.15) is 4.98 Å². The van der Waals surface area contributed by atoms with Crippen LogP contribution in [-0.4, -0.2) is 37.8 Å². The lowest BCUT2D eigenvalue weighted by atomic mass is 10.1. The molecule has 0 radical (unpaired) electrons. The summed E-state index contributed by atoms with van der Waals surface area (Å²) in [4.78, 5) is 33.3. The molecule has 4 N–H and O–H groups in total. The number of amides is 2. The van der Waals surface area contributed by atoms with Crippen molar-refractivity contribution in [2.24, 2.45) is 0 Å². The van der Waals surface area contributed by atoms with E-state index in [1.165, 1.54) is 24.3 Å². The lowest BCUT2D eigenvalue weighted by molar-refractivity contribution is 0.0500. The molecule has 9 nitrogen and oxygen atoms in total. The van der Waals surface area contributed by atoms with Crippen molar-refractivity contribution in [1.82, 2.24) is 20.6 Å². The Morgan fingerprint density at radius 1 is 1.00 bits per heavy atom. The van der Waals surface area contributed by atoms with Crippen LogP contribution in [-0.2, 0) is 17.7 Å². The number of carbonyl (C=O) groups is 2. The van der Waals surface area contributed by atoms with E-state index in [2.05, 4.69) is 20.6 Å². The fraction of sp³-hybridized carbons (Fsp3) is 0.280. The molecule has 0 saturated carbocycles. The van der Waals surface area contributed by atoms with Gasteiger partial charge in [-0.25, -0.2) is 14.2 Å². The van der Waals surface area contributed by atoms with E-state index < -0.39 is 46.8 Å². The number of alkyl carbamates (subject to hydrolysis) is 1. The van der Waals surface area contributed by atoms with Crippen molar-refractivity contribution < 1.29 is 28.9 Å². The first kappa shape index (κ1) is 25.4. The lowest BCUT2D eigenvalue weighted by Gasteiger charge is -2.23. The summed E-state index contributed by atoms with van der Waals surface area (Å²) in [5, 5.41) is 25.7. The summed E-state index contributed by atoms with van der Waals surface area (Å²) in [5.41, 5.74) is 0.210. The highest BCUT2D eigenvalue weighted by atomic mass is 19.1. The van der Waals surface area contributed by atoms with Crippen molar-refractivity contribution in [3.63, 3.8) is 0 Å². The van der Waals surface area contributed by atoms with Crippen LogP contribution in [0, 0.1) is 5.82 Å². The molecule has 10 heteroatoms. The Morgan fingerprint density at radius 3 is 2.29 bits per heavy atom. The predicted molar refractivity (Wildman–Crippen MR) is 125 cm³/mol. The summed E-state index contributed by atoms with van der Waals surface area (Å²) in [7, 11) is 0. The van der Waals surface area contributed by atoms with Crippen molar-refractivity contribution in [1.29, 1.82) is 0 Å². The first-order valence-corrected chi connectivity index (χ1v) is 10.9. The van der Waals surface area contributed by atoms with Gasteiger partial charge in [-0.3, -0.25) is 4.79 Å². The van der Waals surface area contributed by atoms with E-state index >= 15 is 0 Å². The van der Waals surface area contributed by atoms with Crippen molar-refractivity contribution in [2.75, 3.05) is 0 Å². The average molecular weight is 483 g/mol. The highest BCUT2D eigenvalue weighted by Crippen LogP contribution is 2.28. The zero-order chi connectivity index (χ0) is 25.6. The van der Waals surface area contributed by atoms with Gasteiger partial charge in [0.1, 0.15) is 11.4 Å². The smallest absolute Gasteiger partial charge is 0.408 e. The molecule has 35 heavy (non-hydrogen) atoms. The number of ether oxygens (including phenoxy) is 1. The first-order valence-electron chi connectivity index (χ1n) is 10.9. The van der Waals surface area contributed by atoms with Crippen LogP contribution in [0.25, 0.3) is 0 Å². The quantitative estimate of drug-likeness (QED) is 0.403. The van der Waals surface area contributed by atoms with Crippen LogP contribution in [0.5, 0.6) is 11.6 Å². The number of hydrogen-bond donors (Lipinski definition) is 4. The van der Waals surface area contributed by atoms with Gasteiger partial charge in [0.25, 0.3) is 11.8 Å². The zero-order valence-electron chi connectivity index (χ0n) is 19.6. The minimum atomic E-state index is -0.887. The molecule has 184 valence electrons. The summed E-state index contributed by atoms with van der Waals surface area (Å²) in [6.45, 7) is 5.17. The number of halogens is 1. The fourth-order valence-electron chi connectivity index (χ4n) is 3.15. The summed E-state index contributed by atoms with van der Waals surface area (Å²) in [6, 6.07) is 13.8. The number of aromatic nitrogens is 2. The van der Waals surface area contributed by atoms with E-state index in [0.29, 0.717) is 5.56 Å². The van der Waals surface area contributed by atoms with Gasteiger partial charge in [-0.05, 0) is 44.0 Å². The topological polar surface area (TPSA) is 134 Å². The Hall–Kier alpha value is -4.21. The van der Waals surface area contributed by atoms with Crippen LogP contribution in [0.3, 0.4) is 0 Å². The third-order valence-electron chi connectivity index (χ3n) is 4.75. The Kier molecular flexibility index (Phi) is 7.85. The number of aromatic hydroxyl groups is 2. The molecule has 3 rings (SSSR count). The van der Waals surface area contributed by atoms with E-state index in [1.54, 1.807) is 20.8 Å². The van der Waals surface area contributed by atoms with Gasteiger partial charge in [-0.1, -0.05) is 42.5 Å². The highest BCUT2D eigenvalue weighted by Gasteiger charge is 2.27. The molecule has 1 aromatic heterocycles. The third kappa shape index (κ3) is 7.39. The van der Waals surface area contributed by atoms with E-state index in [-0.39, 0.29) is 18.8 Å². The van der Waals surface area contributed by atoms with E-state index in [1.807, 2.05) is 30.3 Å². The van der Waals surface area contributed by atoms with E-state index in [0.717, 1.165) is 5.56 Å². The molecule has 0 spiro atoms. The molecule has 2 amide bonds. The molecule has 3 aromatic rings. The number of nitrogens with zero attached hydrogens (tertiary/aromatic N) is 2. The average Bonchev–Trinajstić information content (AvgIpc) is 2.79. The van der Waals surface area contributed by atoms with Crippen molar-refractivity contribution in [3.8, 4) is 11.6 Å². The SMILES string of the molecule is CC(C)(C)OC(=O)NC(Cc1ccccc1)c1nc(O)c(O)c(C(=O)NCc2ccc(F)cc2)n1. The van der Waals surface area contributed by atoms with Gasteiger partial charge in [0, 0.05) is 13.0 Å². The molecule has 1 heterocycles. The fourth-order valence-corrected chi connectivity index (χ4v) is 3.15. The summed E-state index contributed by atoms with van der Waals surface area (Å²) >= 11 is 0. The first-order chi connectivity index (χ1) is 16.5. The van der Waals surface area contributed by atoms with Crippen molar-refractivity contribution >= 4 is 12.0 Å². The molecule has 1 unspecified atom stereocenters. The number of benzene rings is 2. The van der Waals surface area contributed by atoms with Gasteiger partial charge in [0.15, 0.2) is 11.5 Å². The Balaban J connectivity index is 1.88. The second-order valence-corrected chi connectivity index (χ2v) is 8.80. The van der Waals surface area contributed by atoms with E-state index in [4.69, 9.17) is 4.74 Å². The minimum Gasteiger partial charge on any atom is -0.501 e. The largest absolute Gasteiger partial charge is 0.501 e. The van der Waals surface area contributed by atoms with Crippen LogP contribution in [0.1, 0.15) is 54.3 Å². The third-order valence-corrected chi connectivity index (χ3v) is 4.75. The van der Waals surface area contributed by atoms with Crippen LogP contribution < -0.4 is 10.6 Å². The minimum absolute atomic E-state index is 0.0300. The Labute approximate surface area is 202 Å². The summed E-state index contributed by atoms with van der Waals surface area (Å²) in [5.74, 6) is -2.92. The standard InChI is InChI=1S/C25H27FN4O5/c1-25(2,3)35-24(34)28-18(13-15-7-5-4-6-8-15)21-29-19(20(31)23(33)30-21)22(32)27-14-16-9-11-17(26)12-10-16/h4-12,18,31H,13-14H2,1-3H3,(H,27,32)(H,28,34)(H,29,30,33). The van der Waals surface area contributed by atoms with Crippen LogP contribution >= 0.6 is 0 Å². The molecule has 0 aliphatic heterocycles. The summed E-state index contributed by atoms with van der Waals surface area (Å²) < 4.78 is 18.4. The second-order valence-electron chi connectivity index (χ2n) is 8.80. The number of carbonyl (C=O) groups excluding carboxylic acids is 2. The molecule has 0 aliphatic carbocycles. The molecule has 2 aromatic carbocycles. The molecule has 0 fully saturated rings. The second kappa shape index (κ2) is 10.8. The van der Waals surface area contributed by atoms with Gasteiger partial charge in [0.05, 0.1) is 6.04 Å². The lowest BCUT2D eigenvalue weighted by Crippen LogP contribution is -2.36. The monoisotopic (exact) mass is 482 g/mol. The Morgan fingerprint density at radius 2 is 1.66 bits per heavy atom. The number of hydrogen-bond acceptors (Lipinski definition) is 7. The maximum absolute atomic E-state index is 13.1. The Bertz CT molecular complexity index is 1180. The molecule has 1 atom stereocenters. The normalized spacial score (nSPS) is 12.0. The molecule has 0 saturated heterocycles. The number of rotatable bonds is 7. The molecular formula is C25H27FN4O5.